The Morgan fingerprint density at radius 3 is 2.73 bits per heavy atom. The number of carbonyl (C=O) groups is 1. The van der Waals surface area contributed by atoms with Crippen LogP contribution in [0.4, 0.5) is 4.79 Å². The van der Waals surface area contributed by atoms with Crippen LogP contribution in [0.5, 0.6) is 0 Å². The molecule has 0 aliphatic carbocycles. The number of aromatic nitrogens is 2. The Hall–Kier alpha value is -2.30. The van der Waals surface area contributed by atoms with Crippen LogP contribution in [0.2, 0.25) is 0 Å². The second-order valence-corrected chi connectivity index (χ2v) is 6.62. The molecule has 1 aliphatic heterocycles. The fraction of sp³-hybridized carbons (Fsp3) is 0.412. The molecule has 0 fully saturated rings. The summed E-state index contributed by atoms with van der Waals surface area (Å²) in [5.74, 6) is 0.804. The fourth-order valence-electron chi connectivity index (χ4n) is 2.80. The van der Waals surface area contributed by atoms with E-state index in [0.29, 0.717) is 6.42 Å². The van der Waals surface area contributed by atoms with Gasteiger partial charge in [-0.15, -0.1) is 0 Å². The first-order chi connectivity index (χ1) is 10.4. The van der Waals surface area contributed by atoms with Crippen molar-refractivity contribution in [3.05, 3.63) is 54.1 Å². The first kappa shape index (κ1) is 14.6. The quantitative estimate of drug-likeness (QED) is 0.924. The summed E-state index contributed by atoms with van der Waals surface area (Å²) in [6.07, 6.45) is 3.69. The maximum atomic E-state index is 12.0. The number of amides is 1. The smallest absolute Gasteiger partial charge is 0.408 e. The molecule has 1 N–H and O–H groups in total. The molecule has 22 heavy (non-hydrogen) atoms. The SMILES string of the molecule is CC(C)(C)NC(=O)O[C@@H]1C[C@H](c2ccccc2)n2ccnc21. The number of fused-ring (bicyclic) bond motifs is 1. The predicted molar refractivity (Wildman–Crippen MR) is 83.5 cm³/mol. The number of ether oxygens (including phenoxy) is 1. The molecule has 2 heterocycles. The summed E-state index contributed by atoms with van der Waals surface area (Å²) in [6.45, 7) is 5.78. The first-order valence-electron chi connectivity index (χ1n) is 7.50. The van der Waals surface area contributed by atoms with Crippen molar-refractivity contribution < 1.29 is 9.53 Å². The third-order valence-electron chi connectivity index (χ3n) is 3.67. The Balaban J connectivity index is 1.78. The molecule has 1 aromatic carbocycles. The van der Waals surface area contributed by atoms with Crippen molar-refractivity contribution in [1.82, 2.24) is 14.9 Å². The van der Waals surface area contributed by atoms with Gasteiger partial charge in [-0.05, 0) is 26.3 Å². The summed E-state index contributed by atoms with van der Waals surface area (Å²) < 4.78 is 7.68. The van der Waals surface area contributed by atoms with Gasteiger partial charge in [-0.1, -0.05) is 30.3 Å². The van der Waals surface area contributed by atoms with Crippen molar-refractivity contribution in [3.63, 3.8) is 0 Å². The molecule has 0 spiro atoms. The van der Waals surface area contributed by atoms with E-state index < -0.39 is 6.09 Å². The highest BCUT2D eigenvalue weighted by atomic mass is 16.6. The number of nitrogens with zero attached hydrogens (tertiary/aromatic N) is 2. The Labute approximate surface area is 130 Å². The van der Waals surface area contributed by atoms with Gasteiger partial charge in [0.15, 0.2) is 11.9 Å². The van der Waals surface area contributed by atoms with Gasteiger partial charge in [0.2, 0.25) is 0 Å². The van der Waals surface area contributed by atoms with E-state index in [0.717, 1.165) is 5.82 Å². The summed E-state index contributed by atoms with van der Waals surface area (Å²) in [5, 5.41) is 2.83. The zero-order valence-corrected chi connectivity index (χ0v) is 13.1. The van der Waals surface area contributed by atoms with Crippen LogP contribution in [0, 0.1) is 0 Å². The molecule has 5 heteroatoms. The molecule has 0 saturated heterocycles. The maximum absolute atomic E-state index is 12.0. The highest BCUT2D eigenvalue weighted by Crippen LogP contribution is 2.39. The lowest BCUT2D eigenvalue weighted by atomic mass is 10.0. The Morgan fingerprint density at radius 1 is 1.32 bits per heavy atom. The molecule has 3 rings (SSSR count). The maximum Gasteiger partial charge on any atom is 0.408 e. The minimum absolute atomic E-state index is 0.158. The molecular weight excluding hydrogens is 278 g/mol. The molecular formula is C17H21N3O2. The van der Waals surface area contributed by atoms with E-state index in [-0.39, 0.29) is 17.7 Å². The van der Waals surface area contributed by atoms with E-state index in [1.54, 1.807) is 6.20 Å². The average Bonchev–Trinajstić information content (AvgIpc) is 3.01. The van der Waals surface area contributed by atoms with Crippen LogP contribution in [0.25, 0.3) is 0 Å². The van der Waals surface area contributed by atoms with Crippen LogP contribution >= 0.6 is 0 Å². The van der Waals surface area contributed by atoms with Crippen molar-refractivity contribution >= 4 is 6.09 Å². The molecule has 2 aromatic rings. The molecule has 116 valence electrons. The lowest BCUT2D eigenvalue weighted by Crippen LogP contribution is -2.41. The van der Waals surface area contributed by atoms with E-state index in [2.05, 4.69) is 27.0 Å². The standard InChI is InChI=1S/C17H21N3O2/c1-17(2,3)19-16(21)22-14-11-13(12-7-5-4-6-8-12)20-10-9-18-15(14)20/h4-10,13-14H,11H2,1-3H3,(H,19,21)/t13-,14-/m1/s1. The van der Waals surface area contributed by atoms with Crippen LogP contribution in [0.1, 0.15) is 50.7 Å². The van der Waals surface area contributed by atoms with Gasteiger partial charge >= 0.3 is 6.09 Å². The summed E-state index contributed by atoms with van der Waals surface area (Å²) in [5.41, 5.74) is 0.883. The van der Waals surface area contributed by atoms with Gasteiger partial charge in [-0.2, -0.15) is 0 Å². The largest absolute Gasteiger partial charge is 0.438 e. The molecule has 0 saturated carbocycles. The van der Waals surface area contributed by atoms with Gasteiger partial charge < -0.3 is 14.6 Å². The topological polar surface area (TPSA) is 56.1 Å². The van der Waals surface area contributed by atoms with Crippen molar-refractivity contribution in [2.24, 2.45) is 0 Å². The third kappa shape index (κ3) is 2.98. The molecule has 1 aliphatic rings. The number of benzene rings is 1. The number of nitrogens with one attached hydrogen (secondary N) is 1. The number of hydrogen-bond acceptors (Lipinski definition) is 3. The Morgan fingerprint density at radius 2 is 2.05 bits per heavy atom. The number of imidazole rings is 1. The summed E-state index contributed by atoms with van der Waals surface area (Å²) in [6, 6.07) is 10.4. The third-order valence-corrected chi connectivity index (χ3v) is 3.67. The summed E-state index contributed by atoms with van der Waals surface area (Å²) in [4.78, 5) is 16.4. The average molecular weight is 299 g/mol. The van der Waals surface area contributed by atoms with Gasteiger partial charge in [-0.3, -0.25) is 0 Å². The summed E-state index contributed by atoms with van der Waals surface area (Å²) in [7, 11) is 0. The normalized spacial score (nSPS) is 20.5. The zero-order valence-electron chi connectivity index (χ0n) is 13.1. The first-order valence-corrected chi connectivity index (χ1v) is 7.50. The Kier molecular flexibility index (Phi) is 3.64. The Bertz CT molecular complexity index is 658. The van der Waals surface area contributed by atoms with Crippen molar-refractivity contribution in [2.75, 3.05) is 0 Å². The molecule has 1 amide bonds. The van der Waals surface area contributed by atoms with Crippen LogP contribution in [0.15, 0.2) is 42.7 Å². The number of alkyl carbamates (subject to hydrolysis) is 1. The van der Waals surface area contributed by atoms with E-state index >= 15 is 0 Å². The van der Waals surface area contributed by atoms with Crippen molar-refractivity contribution in [2.45, 2.75) is 44.9 Å². The second kappa shape index (κ2) is 5.48. The van der Waals surface area contributed by atoms with E-state index in [4.69, 9.17) is 4.74 Å². The van der Waals surface area contributed by atoms with E-state index in [9.17, 15) is 4.79 Å². The van der Waals surface area contributed by atoms with Crippen LogP contribution in [-0.4, -0.2) is 21.2 Å². The molecule has 0 radical (unpaired) electrons. The highest BCUT2D eigenvalue weighted by Gasteiger charge is 2.35. The minimum Gasteiger partial charge on any atom is -0.438 e. The van der Waals surface area contributed by atoms with Gasteiger partial charge in [0.05, 0.1) is 6.04 Å². The zero-order chi connectivity index (χ0) is 15.7. The fourth-order valence-corrected chi connectivity index (χ4v) is 2.80. The van der Waals surface area contributed by atoms with E-state index in [1.807, 2.05) is 45.2 Å². The lowest BCUT2D eigenvalue weighted by Gasteiger charge is -2.21. The monoisotopic (exact) mass is 299 g/mol. The molecule has 2 atom stereocenters. The van der Waals surface area contributed by atoms with Crippen molar-refractivity contribution in [3.8, 4) is 0 Å². The number of hydrogen-bond donors (Lipinski definition) is 1. The molecule has 0 unspecified atom stereocenters. The van der Waals surface area contributed by atoms with Crippen LogP contribution in [0.3, 0.4) is 0 Å². The van der Waals surface area contributed by atoms with Gasteiger partial charge in [0.1, 0.15) is 0 Å². The highest BCUT2D eigenvalue weighted by molar-refractivity contribution is 5.68. The van der Waals surface area contributed by atoms with Gasteiger partial charge in [0, 0.05) is 24.4 Å². The number of rotatable bonds is 2. The predicted octanol–water partition coefficient (Wildman–Crippen LogP) is 3.44. The molecule has 0 bridgehead atoms. The lowest BCUT2D eigenvalue weighted by molar-refractivity contribution is 0.0884. The molecule has 1 aromatic heterocycles. The number of carbonyl (C=O) groups excluding carboxylic acids is 1. The van der Waals surface area contributed by atoms with Crippen molar-refractivity contribution in [1.29, 1.82) is 0 Å². The van der Waals surface area contributed by atoms with Crippen LogP contribution in [-0.2, 0) is 4.74 Å². The van der Waals surface area contributed by atoms with Gasteiger partial charge in [-0.25, -0.2) is 9.78 Å². The van der Waals surface area contributed by atoms with E-state index in [1.165, 1.54) is 5.56 Å². The summed E-state index contributed by atoms with van der Waals surface area (Å²) >= 11 is 0. The second-order valence-electron chi connectivity index (χ2n) is 6.62. The van der Waals surface area contributed by atoms with Crippen LogP contribution < -0.4 is 5.32 Å². The molecule has 5 nitrogen and oxygen atoms in total. The minimum atomic E-state index is -0.402. The van der Waals surface area contributed by atoms with Gasteiger partial charge in [0.25, 0.3) is 0 Å².